The van der Waals surface area contributed by atoms with Crippen molar-refractivity contribution in [2.24, 2.45) is 11.7 Å². The third kappa shape index (κ3) is 1.51. The summed E-state index contributed by atoms with van der Waals surface area (Å²) in [6.07, 6.45) is 4.35. The highest BCUT2D eigenvalue weighted by atomic mass is 15.1. The molecule has 0 aromatic heterocycles. The van der Waals surface area contributed by atoms with Crippen LogP contribution in [0.3, 0.4) is 0 Å². The zero-order chi connectivity index (χ0) is 7.56. The summed E-state index contributed by atoms with van der Waals surface area (Å²) in [6.45, 7) is 6.28. The molecule has 0 amide bonds. The molecule has 1 aliphatic heterocycles. The van der Waals surface area contributed by atoms with Gasteiger partial charge in [0.05, 0.1) is 0 Å². The predicted octanol–water partition coefficient (Wildman–Crippen LogP) is 0.799. The molecule has 58 valence electrons. The van der Waals surface area contributed by atoms with E-state index in [0.717, 1.165) is 13.1 Å². The van der Waals surface area contributed by atoms with Crippen molar-refractivity contribution < 1.29 is 0 Å². The van der Waals surface area contributed by atoms with Gasteiger partial charge in [-0.05, 0) is 20.0 Å². The molecule has 0 aliphatic carbocycles. The third-order valence-corrected chi connectivity index (χ3v) is 1.96. The maximum atomic E-state index is 5.52. The molecule has 0 aromatic carbocycles. The summed E-state index contributed by atoms with van der Waals surface area (Å²) >= 11 is 0. The number of nitrogens with two attached hydrogens (primary N) is 1. The maximum absolute atomic E-state index is 5.52. The molecule has 1 aliphatic rings. The monoisotopic (exact) mass is 140 g/mol. The van der Waals surface area contributed by atoms with E-state index in [0.29, 0.717) is 12.0 Å². The number of nitrogens with zero attached hydrogens (tertiary/aromatic N) is 1. The van der Waals surface area contributed by atoms with Gasteiger partial charge in [0, 0.05) is 25.0 Å². The van der Waals surface area contributed by atoms with Crippen LogP contribution in [0.5, 0.6) is 0 Å². The second-order valence-electron chi connectivity index (χ2n) is 3.13. The van der Waals surface area contributed by atoms with Crippen molar-refractivity contribution in [2.45, 2.75) is 19.9 Å². The van der Waals surface area contributed by atoms with Gasteiger partial charge in [-0.1, -0.05) is 6.08 Å². The summed E-state index contributed by atoms with van der Waals surface area (Å²) in [7, 11) is 0. The van der Waals surface area contributed by atoms with E-state index in [2.05, 4.69) is 31.0 Å². The molecule has 2 N–H and O–H groups in total. The first-order valence-electron chi connectivity index (χ1n) is 3.88. The van der Waals surface area contributed by atoms with Crippen LogP contribution in [0.2, 0.25) is 0 Å². The quantitative estimate of drug-likeness (QED) is 0.614. The fraction of sp³-hybridized carbons (Fsp3) is 0.750. The highest BCUT2D eigenvalue weighted by molar-refractivity contribution is 4.99. The van der Waals surface area contributed by atoms with E-state index in [-0.39, 0.29) is 0 Å². The van der Waals surface area contributed by atoms with Gasteiger partial charge < -0.3 is 10.6 Å². The molecule has 0 spiro atoms. The van der Waals surface area contributed by atoms with Crippen molar-refractivity contribution in [1.82, 2.24) is 4.90 Å². The van der Waals surface area contributed by atoms with E-state index in [4.69, 9.17) is 5.73 Å². The molecular formula is C8H16N2. The van der Waals surface area contributed by atoms with Crippen molar-refractivity contribution in [3.63, 3.8) is 0 Å². The highest BCUT2D eigenvalue weighted by Crippen LogP contribution is 2.13. The lowest BCUT2D eigenvalue weighted by Crippen LogP contribution is -2.27. The molecule has 0 saturated heterocycles. The standard InChI is InChI=1S/C8H16N2/c1-7(2)10-4-3-8(5-9)6-10/h3-4,7-8H,5-6,9H2,1-2H3. The van der Waals surface area contributed by atoms with Crippen molar-refractivity contribution >= 4 is 0 Å². The summed E-state index contributed by atoms with van der Waals surface area (Å²) < 4.78 is 0. The molecule has 1 unspecified atom stereocenters. The Morgan fingerprint density at radius 1 is 1.70 bits per heavy atom. The first-order valence-corrected chi connectivity index (χ1v) is 3.88. The SMILES string of the molecule is CC(C)N1C=CC(CN)C1. The number of hydrogen-bond acceptors (Lipinski definition) is 2. The summed E-state index contributed by atoms with van der Waals surface area (Å²) in [5.74, 6) is 0.586. The Labute approximate surface area is 62.7 Å². The summed E-state index contributed by atoms with van der Waals surface area (Å²) in [5, 5.41) is 0. The average molecular weight is 140 g/mol. The van der Waals surface area contributed by atoms with Crippen LogP contribution in [0.15, 0.2) is 12.3 Å². The topological polar surface area (TPSA) is 29.3 Å². The second-order valence-corrected chi connectivity index (χ2v) is 3.13. The van der Waals surface area contributed by atoms with E-state index in [1.54, 1.807) is 0 Å². The molecular weight excluding hydrogens is 124 g/mol. The number of hydrogen-bond donors (Lipinski definition) is 1. The molecule has 2 nitrogen and oxygen atoms in total. The molecule has 1 rings (SSSR count). The van der Waals surface area contributed by atoms with Crippen LogP contribution in [0.25, 0.3) is 0 Å². The van der Waals surface area contributed by atoms with Gasteiger partial charge in [-0.15, -0.1) is 0 Å². The normalized spacial score (nSPS) is 24.8. The van der Waals surface area contributed by atoms with Gasteiger partial charge in [0.1, 0.15) is 0 Å². The van der Waals surface area contributed by atoms with Gasteiger partial charge in [-0.2, -0.15) is 0 Å². The molecule has 10 heavy (non-hydrogen) atoms. The van der Waals surface area contributed by atoms with Crippen LogP contribution >= 0.6 is 0 Å². The average Bonchev–Trinajstić information content (AvgIpc) is 2.34. The van der Waals surface area contributed by atoms with Crippen LogP contribution in [0, 0.1) is 5.92 Å². The lowest BCUT2D eigenvalue weighted by molar-refractivity contribution is 0.310. The molecule has 0 saturated carbocycles. The van der Waals surface area contributed by atoms with Crippen LogP contribution in [0.1, 0.15) is 13.8 Å². The highest BCUT2D eigenvalue weighted by Gasteiger charge is 2.15. The minimum absolute atomic E-state index is 0.586. The largest absolute Gasteiger partial charge is 0.375 e. The molecule has 2 heteroatoms. The predicted molar refractivity (Wildman–Crippen MR) is 43.5 cm³/mol. The van der Waals surface area contributed by atoms with Gasteiger partial charge in [0.25, 0.3) is 0 Å². The minimum Gasteiger partial charge on any atom is -0.375 e. The van der Waals surface area contributed by atoms with Crippen molar-refractivity contribution in [2.75, 3.05) is 13.1 Å². The van der Waals surface area contributed by atoms with Gasteiger partial charge >= 0.3 is 0 Å². The Hall–Kier alpha value is -0.500. The van der Waals surface area contributed by atoms with Gasteiger partial charge in [0.15, 0.2) is 0 Å². The first-order chi connectivity index (χ1) is 4.74. The number of rotatable bonds is 2. The fourth-order valence-electron chi connectivity index (χ4n) is 1.16. The fourth-order valence-corrected chi connectivity index (χ4v) is 1.16. The van der Waals surface area contributed by atoms with Crippen LogP contribution in [-0.4, -0.2) is 24.0 Å². The van der Waals surface area contributed by atoms with Gasteiger partial charge in [0.2, 0.25) is 0 Å². The smallest absolute Gasteiger partial charge is 0.0250 e. The zero-order valence-corrected chi connectivity index (χ0v) is 6.75. The van der Waals surface area contributed by atoms with Gasteiger partial charge in [-0.25, -0.2) is 0 Å². The van der Waals surface area contributed by atoms with Crippen molar-refractivity contribution in [3.05, 3.63) is 12.3 Å². The van der Waals surface area contributed by atoms with Gasteiger partial charge in [-0.3, -0.25) is 0 Å². The molecule has 0 bridgehead atoms. The Morgan fingerprint density at radius 3 is 2.70 bits per heavy atom. The first kappa shape index (κ1) is 7.61. The Bertz CT molecular complexity index is 129. The Morgan fingerprint density at radius 2 is 2.40 bits per heavy atom. The van der Waals surface area contributed by atoms with Crippen LogP contribution in [-0.2, 0) is 0 Å². The second kappa shape index (κ2) is 3.06. The summed E-state index contributed by atoms with van der Waals surface area (Å²) in [5.41, 5.74) is 5.52. The van der Waals surface area contributed by atoms with Crippen LogP contribution in [0.4, 0.5) is 0 Å². The van der Waals surface area contributed by atoms with Crippen molar-refractivity contribution in [1.29, 1.82) is 0 Å². The molecule has 0 radical (unpaired) electrons. The van der Waals surface area contributed by atoms with E-state index >= 15 is 0 Å². The zero-order valence-electron chi connectivity index (χ0n) is 6.75. The Balaban J connectivity index is 2.37. The van der Waals surface area contributed by atoms with Crippen LogP contribution < -0.4 is 5.73 Å². The Kier molecular flexibility index (Phi) is 2.33. The van der Waals surface area contributed by atoms with Crippen molar-refractivity contribution in [3.8, 4) is 0 Å². The molecule has 0 fully saturated rings. The lowest BCUT2D eigenvalue weighted by Gasteiger charge is -2.21. The van der Waals surface area contributed by atoms with E-state index in [1.165, 1.54) is 0 Å². The molecule has 1 heterocycles. The minimum atomic E-state index is 0.586. The van der Waals surface area contributed by atoms with E-state index in [9.17, 15) is 0 Å². The lowest BCUT2D eigenvalue weighted by atomic mass is 10.2. The van der Waals surface area contributed by atoms with E-state index < -0.39 is 0 Å². The van der Waals surface area contributed by atoms with E-state index in [1.807, 2.05) is 0 Å². The summed E-state index contributed by atoms with van der Waals surface area (Å²) in [4.78, 5) is 2.32. The molecule has 0 aromatic rings. The maximum Gasteiger partial charge on any atom is 0.0250 e. The summed E-state index contributed by atoms with van der Waals surface area (Å²) in [6, 6.07) is 0.618. The molecule has 1 atom stereocenters. The third-order valence-electron chi connectivity index (χ3n) is 1.96.